The predicted molar refractivity (Wildman–Crippen MR) is 27.9 cm³/mol. The van der Waals surface area contributed by atoms with Gasteiger partial charge in [0.2, 0.25) is 0 Å². The van der Waals surface area contributed by atoms with Crippen LogP contribution in [0.3, 0.4) is 0 Å². The average molecular weight is 127 g/mol. The Morgan fingerprint density at radius 2 is 2.67 bits per heavy atom. The number of ether oxygens (including phenoxy) is 1. The van der Waals surface area contributed by atoms with E-state index in [1.54, 1.807) is 6.92 Å². The number of hydrogen-bond acceptors (Lipinski definition) is 4. The molecule has 0 aliphatic rings. The van der Waals surface area contributed by atoms with Gasteiger partial charge in [0.25, 0.3) is 0 Å². The van der Waals surface area contributed by atoms with Gasteiger partial charge in [-0.1, -0.05) is 0 Å². The highest BCUT2D eigenvalue weighted by Gasteiger charge is 1.97. The molecule has 0 saturated heterocycles. The molecule has 0 N–H and O–H groups in total. The summed E-state index contributed by atoms with van der Waals surface area (Å²) in [5.41, 5.74) is 0. The fourth-order valence-electron chi connectivity index (χ4n) is 0.430. The Morgan fingerprint density at radius 1 is 1.89 bits per heavy atom. The molecular weight excluding hydrogens is 122 g/mol. The molecule has 0 atom stereocenters. The van der Waals surface area contributed by atoms with Crippen LogP contribution in [-0.2, 0) is 4.79 Å². The lowest BCUT2D eigenvalue weighted by atomic mass is 10.6. The van der Waals surface area contributed by atoms with Gasteiger partial charge < -0.3 is 9.15 Å². The highest BCUT2D eigenvalue weighted by molar-refractivity contribution is 5.40. The van der Waals surface area contributed by atoms with Crippen molar-refractivity contribution in [2.75, 3.05) is 0 Å². The Morgan fingerprint density at radius 3 is 3.11 bits per heavy atom. The van der Waals surface area contributed by atoms with Crippen LogP contribution in [0.4, 0.5) is 0 Å². The Bertz CT molecular complexity index is 206. The number of oxazole rings is 1. The van der Waals surface area contributed by atoms with Crippen molar-refractivity contribution >= 4 is 6.47 Å². The molecule has 0 radical (unpaired) electrons. The molecule has 0 amide bonds. The van der Waals surface area contributed by atoms with Gasteiger partial charge in [0.05, 0.1) is 6.20 Å². The van der Waals surface area contributed by atoms with E-state index in [1.165, 1.54) is 6.20 Å². The Hall–Kier alpha value is -1.32. The zero-order valence-corrected chi connectivity index (χ0v) is 4.83. The van der Waals surface area contributed by atoms with Gasteiger partial charge >= 0.3 is 12.5 Å². The first-order valence-electron chi connectivity index (χ1n) is 2.35. The molecular formula is C5H5NO3. The second-order valence-electron chi connectivity index (χ2n) is 1.45. The monoisotopic (exact) mass is 127 g/mol. The third kappa shape index (κ3) is 1.28. The van der Waals surface area contributed by atoms with Crippen LogP contribution in [0.1, 0.15) is 5.76 Å². The van der Waals surface area contributed by atoms with Crippen molar-refractivity contribution in [1.82, 2.24) is 4.98 Å². The van der Waals surface area contributed by atoms with Crippen LogP contribution < -0.4 is 4.74 Å². The van der Waals surface area contributed by atoms with E-state index in [2.05, 4.69) is 9.72 Å². The van der Waals surface area contributed by atoms with Crippen molar-refractivity contribution in [3.63, 3.8) is 0 Å². The molecule has 48 valence electrons. The van der Waals surface area contributed by atoms with Crippen LogP contribution in [0.15, 0.2) is 10.6 Å². The van der Waals surface area contributed by atoms with Gasteiger partial charge in [-0.2, -0.15) is 4.98 Å². The zero-order chi connectivity index (χ0) is 6.69. The van der Waals surface area contributed by atoms with Crippen molar-refractivity contribution < 1.29 is 13.9 Å². The normalized spacial score (nSPS) is 9.00. The maximum absolute atomic E-state index is 9.66. The number of aryl methyl sites for hydroxylation is 1. The molecule has 4 nitrogen and oxygen atoms in total. The number of aromatic nitrogens is 1. The molecule has 0 spiro atoms. The van der Waals surface area contributed by atoms with E-state index in [9.17, 15) is 4.79 Å². The summed E-state index contributed by atoms with van der Waals surface area (Å²) in [6.07, 6.45) is 1.46. The van der Waals surface area contributed by atoms with E-state index >= 15 is 0 Å². The first-order valence-corrected chi connectivity index (χ1v) is 2.35. The van der Waals surface area contributed by atoms with E-state index in [-0.39, 0.29) is 12.5 Å². The maximum atomic E-state index is 9.66. The molecule has 0 aromatic carbocycles. The van der Waals surface area contributed by atoms with Crippen molar-refractivity contribution in [1.29, 1.82) is 0 Å². The van der Waals surface area contributed by atoms with Gasteiger partial charge in [-0.15, -0.1) is 0 Å². The van der Waals surface area contributed by atoms with Crippen LogP contribution in [0, 0.1) is 6.92 Å². The second-order valence-corrected chi connectivity index (χ2v) is 1.45. The first kappa shape index (κ1) is 5.81. The summed E-state index contributed by atoms with van der Waals surface area (Å²) in [4.78, 5) is 13.2. The van der Waals surface area contributed by atoms with Gasteiger partial charge in [-0.05, 0) is 6.92 Å². The molecule has 0 bridgehead atoms. The maximum Gasteiger partial charge on any atom is 0.401 e. The van der Waals surface area contributed by atoms with Crippen LogP contribution in [-0.4, -0.2) is 11.5 Å². The van der Waals surface area contributed by atoms with E-state index in [1.807, 2.05) is 0 Å². The molecule has 9 heavy (non-hydrogen) atoms. The molecule has 0 aliphatic carbocycles. The fraction of sp³-hybridized carbons (Fsp3) is 0.200. The summed E-state index contributed by atoms with van der Waals surface area (Å²) in [6, 6.07) is 0. The summed E-state index contributed by atoms with van der Waals surface area (Å²) in [5, 5.41) is 0. The van der Waals surface area contributed by atoms with E-state index < -0.39 is 0 Å². The number of carbonyl (C=O) groups excluding carboxylic acids is 1. The largest absolute Gasteiger partial charge is 0.414 e. The van der Waals surface area contributed by atoms with Crippen LogP contribution in [0.5, 0.6) is 6.08 Å². The molecule has 4 heteroatoms. The fourth-order valence-corrected chi connectivity index (χ4v) is 0.430. The third-order valence-corrected chi connectivity index (χ3v) is 0.749. The lowest BCUT2D eigenvalue weighted by Gasteiger charge is -1.83. The first-order chi connectivity index (χ1) is 4.33. The second kappa shape index (κ2) is 2.30. The molecule has 1 aromatic heterocycles. The minimum atomic E-state index is -0.0116. The number of rotatable bonds is 2. The molecule has 1 heterocycles. The molecule has 0 aliphatic heterocycles. The van der Waals surface area contributed by atoms with Crippen molar-refractivity contribution in [2.24, 2.45) is 0 Å². The SMILES string of the molecule is Cc1cnc(OC=O)o1. The molecule has 1 aromatic rings. The summed E-state index contributed by atoms with van der Waals surface area (Å²) in [6.45, 7) is 1.98. The van der Waals surface area contributed by atoms with Gasteiger partial charge in [0.1, 0.15) is 5.76 Å². The summed E-state index contributed by atoms with van der Waals surface area (Å²) < 4.78 is 9.03. The highest BCUT2D eigenvalue weighted by atomic mass is 16.6. The number of carbonyl (C=O) groups is 1. The molecule has 0 unspecified atom stereocenters. The smallest absolute Gasteiger partial charge is 0.401 e. The van der Waals surface area contributed by atoms with Crippen LogP contribution >= 0.6 is 0 Å². The quantitative estimate of drug-likeness (QED) is 0.543. The third-order valence-electron chi connectivity index (χ3n) is 0.749. The Labute approximate surface area is 51.5 Å². The lowest BCUT2D eigenvalue weighted by molar-refractivity contribution is -0.122. The van der Waals surface area contributed by atoms with Crippen molar-refractivity contribution in [3.8, 4) is 6.08 Å². The average Bonchev–Trinajstić information content (AvgIpc) is 2.17. The Kier molecular flexibility index (Phi) is 1.48. The number of hydrogen-bond donors (Lipinski definition) is 0. The van der Waals surface area contributed by atoms with Crippen molar-refractivity contribution in [3.05, 3.63) is 12.0 Å². The highest BCUT2D eigenvalue weighted by Crippen LogP contribution is 2.07. The summed E-state index contributed by atoms with van der Waals surface area (Å²) >= 11 is 0. The summed E-state index contributed by atoms with van der Waals surface area (Å²) in [5.74, 6) is 0.617. The van der Waals surface area contributed by atoms with E-state index in [0.717, 1.165) is 0 Å². The molecule has 1 rings (SSSR count). The van der Waals surface area contributed by atoms with Gasteiger partial charge in [-0.3, -0.25) is 4.79 Å². The predicted octanol–water partition coefficient (Wildman–Crippen LogP) is 0.518. The Balaban J connectivity index is 2.72. The van der Waals surface area contributed by atoms with E-state index in [4.69, 9.17) is 4.42 Å². The molecule has 0 fully saturated rings. The van der Waals surface area contributed by atoms with Gasteiger partial charge in [0, 0.05) is 0 Å². The zero-order valence-electron chi connectivity index (χ0n) is 4.83. The standard InChI is InChI=1S/C5H5NO3/c1-4-2-6-5(9-4)8-3-7/h2-3H,1H3. The minimum Gasteiger partial charge on any atom is -0.414 e. The minimum absolute atomic E-state index is 0.0116. The van der Waals surface area contributed by atoms with E-state index in [0.29, 0.717) is 5.76 Å². The van der Waals surface area contributed by atoms with Gasteiger partial charge in [-0.25, -0.2) is 0 Å². The summed E-state index contributed by atoms with van der Waals surface area (Å²) in [7, 11) is 0. The topological polar surface area (TPSA) is 52.3 Å². The van der Waals surface area contributed by atoms with Crippen LogP contribution in [0.2, 0.25) is 0 Å². The van der Waals surface area contributed by atoms with Gasteiger partial charge in [0.15, 0.2) is 0 Å². The number of nitrogens with zero attached hydrogens (tertiary/aromatic N) is 1. The van der Waals surface area contributed by atoms with Crippen LogP contribution in [0.25, 0.3) is 0 Å². The molecule has 0 saturated carbocycles. The van der Waals surface area contributed by atoms with Crippen molar-refractivity contribution in [2.45, 2.75) is 6.92 Å². The lowest BCUT2D eigenvalue weighted by Crippen LogP contribution is -1.86.